The SMILES string of the molecule is CCCC#Cc1c[c]cnc1. The van der Waals surface area contributed by atoms with Crippen molar-refractivity contribution in [2.75, 3.05) is 0 Å². The molecule has 1 heteroatoms. The highest BCUT2D eigenvalue weighted by Gasteiger charge is 1.81. The Kier molecular flexibility index (Phi) is 3.21. The van der Waals surface area contributed by atoms with Crippen molar-refractivity contribution in [1.29, 1.82) is 0 Å². The second kappa shape index (κ2) is 4.51. The molecule has 0 atom stereocenters. The van der Waals surface area contributed by atoms with Gasteiger partial charge in [0.05, 0.1) is 0 Å². The molecule has 1 rings (SSSR count). The Balaban J connectivity index is 2.59. The first kappa shape index (κ1) is 7.81. The summed E-state index contributed by atoms with van der Waals surface area (Å²) in [5.41, 5.74) is 0.945. The van der Waals surface area contributed by atoms with E-state index >= 15 is 0 Å². The molecule has 0 spiro atoms. The van der Waals surface area contributed by atoms with Crippen molar-refractivity contribution in [2.45, 2.75) is 19.8 Å². The number of nitrogens with zero attached hydrogens (tertiary/aromatic N) is 1. The van der Waals surface area contributed by atoms with Crippen molar-refractivity contribution in [3.8, 4) is 11.8 Å². The van der Waals surface area contributed by atoms with E-state index in [-0.39, 0.29) is 0 Å². The van der Waals surface area contributed by atoms with E-state index in [0.717, 1.165) is 18.4 Å². The smallest absolute Gasteiger partial charge is 0.0434 e. The lowest BCUT2D eigenvalue weighted by atomic mass is 10.2. The summed E-state index contributed by atoms with van der Waals surface area (Å²) in [4.78, 5) is 3.91. The van der Waals surface area contributed by atoms with Crippen molar-refractivity contribution in [3.63, 3.8) is 0 Å². The molecular weight excluding hydrogens is 134 g/mol. The lowest BCUT2D eigenvalue weighted by Gasteiger charge is -1.84. The maximum atomic E-state index is 3.91. The summed E-state index contributed by atoms with van der Waals surface area (Å²) >= 11 is 0. The van der Waals surface area contributed by atoms with E-state index < -0.39 is 0 Å². The van der Waals surface area contributed by atoms with Crippen LogP contribution in [0.25, 0.3) is 0 Å². The largest absolute Gasteiger partial charge is 0.263 e. The van der Waals surface area contributed by atoms with Crippen LogP contribution in [0.1, 0.15) is 25.3 Å². The van der Waals surface area contributed by atoms with E-state index in [1.165, 1.54) is 0 Å². The molecule has 0 amide bonds. The van der Waals surface area contributed by atoms with Crippen LogP contribution in [0.4, 0.5) is 0 Å². The molecule has 0 unspecified atom stereocenters. The van der Waals surface area contributed by atoms with Gasteiger partial charge in [-0.3, -0.25) is 4.98 Å². The zero-order valence-corrected chi connectivity index (χ0v) is 6.59. The summed E-state index contributed by atoms with van der Waals surface area (Å²) in [5, 5.41) is 0. The molecule has 1 heterocycles. The first-order valence-electron chi connectivity index (χ1n) is 3.73. The van der Waals surface area contributed by atoms with Crippen LogP contribution in [-0.2, 0) is 0 Å². The monoisotopic (exact) mass is 144 g/mol. The van der Waals surface area contributed by atoms with Crippen molar-refractivity contribution in [2.24, 2.45) is 0 Å². The summed E-state index contributed by atoms with van der Waals surface area (Å²) in [6.45, 7) is 2.12. The van der Waals surface area contributed by atoms with Crippen LogP contribution >= 0.6 is 0 Å². The van der Waals surface area contributed by atoms with Crippen molar-refractivity contribution in [1.82, 2.24) is 4.98 Å². The van der Waals surface area contributed by atoms with Gasteiger partial charge in [0.2, 0.25) is 0 Å². The predicted octanol–water partition coefficient (Wildman–Crippen LogP) is 2.03. The summed E-state index contributed by atoms with van der Waals surface area (Å²) in [6, 6.07) is 4.72. The van der Waals surface area contributed by atoms with Crippen molar-refractivity contribution < 1.29 is 0 Å². The molecule has 0 saturated carbocycles. The van der Waals surface area contributed by atoms with Gasteiger partial charge in [0.25, 0.3) is 0 Å². The van der Waals surface area contributed by atoms with Crippen molar-refractivity contribution >= 4 is 0 Å². The molecule has 0 N–H and O–H groups in total. The van der Waals surface area contributed by atoms with Gasteiger partial charge in [-0.25, -0.2) is 0 Å². The van der Waals surface area contributed by atoms with Crippen LogP contribution in [-0.4, -0.2) is 4.98 Å². The first-order valence-corrected chi connectivity index (χ1v) is 3.73. The highest BCUT2D eigenvalue weighted by atomic mass is 14.6. The Morgan fingerprint density at radius 3 is 3.18 bits per heavy atom. The van der Waals surface area contributed by atoms with Gasteiger partial charge in [-0.05, 0) is 12.5 Å². The van der Waals surface area contributed by atoms with Gasteiger partial charge in [-0.15, -0.1) is 0 Å². The van der Waals surface area contributed by atoms with Crippen LogP contribution in [0.2, 0.25) is 0 Å². The van der Waals surface area contributed by atoms with E-state index in [2.05, 4.69) is 29.8 Å². The van der Waals surface area contributed by atoms with Gasteiger partial charge in [-0.1, -0.05) is 18.8 Å². The van der Waals surface area contributed by atoms with Crippen LogP contribution in [0.15, 0.2) is 18.5 Å². The first-order chi connectivity index (χ1) is 5.43. The third-order valence-electron chi connectivity index (χ3n) is 1.21. The minimum absolute atomic E-state index is 0.945. The minimum Gasteiger partial charge on any atom is -0.263 e. The minimum atomic E-state index is 0.945. The van der Waals surface area contributed by atoms with E-state index in [1.807, 2.05) is 6.07 Å². The fraction of sp³-hybridized carbons (Fsp3) is 0.300. The number of hydrogen-bond acceptors (Lipinski definition) is 1. The van der Waals surface area contributed by atoms with Crippen LogP contribution in [0.5, 0.6) is 0 Å². The van der Waals surface area contributed by atoms with Gasteiger partial charge in [0.1, 0.15) is 0 Å². The van der Waals surface area contributed by atoms with Gasteiger partial charge in [0, 0.05) is 30.4 Å². The maximum Gasteiger partial charge on any atom is 0.0434 e. The molecule has 0 fully saturated rings. The maximum absolute atomic E-state index is 3.91. The fourth-order valence-corrected chi connectivity index (χ4v) is 0.683. The Hall–Kier alpha value is -1.29. The second-order valence-electron chi connectivity index (χ2n) is 2.23. The lowest BCUT2D eigenvalue weighted by molar-refractivity contribution is 0.983. The summed E-state index contributed by atoms with van der Waals surface area (Å²) in [6.07, 6.45) is 5.44. The second-order valence-corrected chi connectivity index (χ2v) is 2.23. The van der Waals surface area contributed by atoms with E-state index in [4.69, 9.17) is 0 Å². The number of unbranched alkanes of at least 4 members (excludes halogenated alkanes) is 1. The number of hydrogen-bond donors (Lipinski definition) is 0. The van der Waals surface area contributed by atoms with E-state index in [1.54, 1.807) is 12.4 Å². The molecule has 0 aliphatic heterocycles. The fourth-order valence-electron chi connectivity index (χ4n) is 0.683. The number of rotatable bonds is 1. The average molecular weight is 144 g/mol. The van der Waals surface area contributed by atoms with Gasteiger partial charge in [0.15, 0.2) is 0 Å². The summed E-state index contributed by atoms with van der Waals surface area (Å²) in [5.74, 6) is 6.04. The Labute approximate surface area is 67.5 Å². The molecule has 1 aromatic rings. The zero-order chi connectivity index (χ0) is 7.94. The standard InChI is InChI=1S/C10H10N/c1-2-3-4-6-10-7-5-8-11-9-10/h7-9H,2-3H2,1H3. The van der Waals surface area contributed by atoms with Gasteiger partial charge in [-0.2, -0.15) is 0 Å². The molecule has 0 aliphatic carbocycles. The summed E-state index contributed by atoms with van der Waals surface area (Å²) in [7, 11) is 0. The highest BCUT2D eigenvalue weighted by molar-refractivity contribution is 5.30. The quantitative estimate of drug-likeness (QED) is 0.549. The molecule has 11 heavy (non-hydrogen) atoms. The van der Waals surface area contributed by atoms with Crippen LogP contribution < -0.4 is 0 Å². The van der Waals surface area contributed by atoms with Crippen LogP contribution in [0.3, 0.4) is 0 Å². The van der Waals surface area contributed by atoms with Gasteiger partial charge >= 0.3 is 0 Å². The van der Waals surface area contributed by atoms with Crippen molar-refractivity contribution in [3.05, 3.63) is 30.1 Å². The Morgan fingerprint density at radius 2 is 2.55 bits per heavy atom. The Morgan fingerprint density at radius 1 is 1.64 bits per heavy atom. The molecule has 1 radical (unpaired) electrons. The van der Waals surface area contributed by atoms with Gasteiger partial charge < -0.3 is 0 Å². The average Bonchev–Trinajstić information content (AvgIpc) is 2.07. The highest BCUT2D eigenvalue weighted by Crippen LogP contribution is 1.91. The molecule has 0 bridgehead atoms. The third-order valence-corrected chi connectivity index (χ3v) is 1.21. The number of pyridine rings is 1. The number of aromatic nitrogens is 1. The zero-order valence-electron chi connectivity index (χ0n) is 6.59. The summed E-state index contributed by atoms with van der Waals surface area (Å²) < 4.78 is 0. The molecule has 1 nitrogen and oxygen atoms in total. The molecule has 55 valence electrons. The normalized spacial score (nSPS) is 8.45. The molecule has 0 saturated heterocycles. The molecular formula is C10H10N. The molecule has 0 aromatic carbocycles. The van der Waals surface area contributed by atoms with E-state index in [9.17, 15) is 0 Å². The topological polar surface area (TPSA) is 12.9 Å². The molecule has 1 aromatic heterocycles. The van der Waals surface area contributed by atoms with Crippen LogP contribution in [0, 0.1) is 17.9 Å². The molecule has 0 aliphatic rings. The lowest BCUT2D eigenvalue weighted by Crippen LogP contribution is -1.74. The third kappa shape index (κ3) is 2.86. The van der Waals surface area contributed by atoms with E-state index in [0.29, 0.717) is 0 Å². The Bertz CT molecular complexity index is 253. The predicted molar refractivity (Wildman–Crippen MR) is 44.9 cm³/mol.